The Kier molecular flexibility index (Phi) is 7.77. The summed E-state index contributed by atoms with van der Waals surface area (Å²) < 4.78 is 18.8. The number of benzene rings is 4. The molecule has 0 radical (unpaired) electrons. The van der Waals surface area contributed by atoms with Crippen LogP contribution in [0.4, 0.5) is 32.1 Å². The van der Waals surface area contributed by atoms with Crippen LogP contribution in [0.3, 0.4) is 0 Å². The molecule has 0 aliphatic heterocycles. The summed E-state index contributed by atoms with van der Waals surface area (Å²) in [4.78, 5) is 25.2. The van der Waals surface area contributed by atoms with E-state index in [1.807, 2.05) is 30.3 Å². The first-order chi connectivity index (χ1) is 19.5. The van der Waals surface area contributed by atoms with Crippen LogP contribution in [0.5, 0.6) is 11.5 Å². The summed E-state index contributed by atoms with van der Waals surface area (Å²) in [5.41, 5.74) is 3.78. The maximum atomic E-state index is 13.6. The lowest BCUT2D eigenvalue weighted by Crippen LogP contribution is -2.16. The van der Waals surface area contributed by atoms with Crippen LogP contribution >= 0.6 is 0 Å². The summed E-state index contributed by atoms with van der Waals surface area (Å²) in [6.07, 6.45) is 2.34. The summed E-state index contributed by atoms with van der Waals surface area (Å²) in [5, 5.41) is 20.2. The smallest absolute Gasteiger partial charge is 0.417 e. The van der Waals surface area contributed by atoms with Crippen LogP contribution < -0.4 is 20.7 Å². The molecule has 0 saturated heterocycles. The predicted octanol–water partition coefficient (Wildman–Crippen LogP) is 6.49. The molecule has 40 heavy (non-hydrogen) atoms. The molecule has 200 valence electrons. The van der Waals surface area contributed by atoms with E-state index in [-0.39, 0.29) is 17.3 Å². The molecule has 0 fully saturated rings. The topological polar surface area (TPSA) is 121 Å². The summed E-state index contributed by atoms with van der Waals surface area (Å²) in [7, 11) is 1.68. The number of nitrogens with zero attached hydrogens (tertiary/aromatic N) is 3. The summed E-state index contributed by atoms with van der Waals surface area (Å²) in [6.45, 7) is 0.442. The Morgan fingerprint density at radius 3 is 2.65 bits per heavy atom. The second-order valence-electron chi connectivity index (χ2n) is 8.73. The summed E-state index contributed by atoms with van der Waals surface area (Å²) in [6, 6.07) is 23.7. The predicted molar refractivity (Wildman–Crippen MR) is 154 cm³/mol. The number of para-hydroxylation sites is 1. The molecule has 1 amide bonds. The number of phenolic OH excluding ortho intramolecular Hbond substituents is 1. The molecule has 4 N–H and O–H groups in total. The monoisotopic (exact) mass is 536 g/mol. The van der Waals surface area contributed by atoms with Crippen molar-refractivity contribution in [2.75, 3.05) is 23.0 Å². The van der Waals surface area contributed by atoms with Gasteiger partial charge in [-0.1, -0.05) is 30.3 Å². The number of carbonyl (C=O) groups excluding carboxylic acids is 1. The van der Waals surface area contributed by atoms with Crippen LogP contribution in [0.25, 0.3) is 10.9 Å². The number of phenols is 1. The number of halogens is 1. The minimum Gasteiger partial charge on any atom is -0.506 e. The normalized spacial score (nSPS) is 10.9. The third kappa shape index (κ3) is 6.30. The van der Waals surface area contributed by atoms with Crippen molar-refractivity contribution in [3.8, 4) is 11.5 Å². The van der Waals surface area contributed by atoms with Gasteiger partial charge in [0, 0.05) is 48.2 Å². The lowest BCUT2D eigenvalue weighted by atomic mass is 10.1. The standard InChI is InChI=1S/C30H25FN6O3/c1-32-17-20-13-22(10-11-25(20)33-16-19-6-5-7-21(31)12-19)36-29-24-14-27(28(38)15-26(24)34-18-35-29)37-30(39)40-23-8-3-2-4-9-23/h2-15,17-18,33,38H,16H2,1H3,(H,37,39)(H,34,35,36). The lowest BCUT2D eigenvalue weighted by molar-refractivity contribution is 0.215. The molecule has 4 aromatic carbocycles. The molecule has 0 bridgehead atoms. The molecule has 0 saturated carbocycles. The van der Waals surface area contributed by atoms with Crippen molar-refractivity contribution < 1.29 is 19.0 Å². The van der Waals surface area contributed by atoms with Crippen LogP contribution in [0.2, 0.25) is 0 Å². The number of hydrogen-bond donors (Lipinski definition) is 4. The first-order valence-electron chi connectivity index (χ1n) is 12.3. The van der Waals surface area contributed by atoms with E-state index in [0.29, 0.717) is 29.0 Å². The number of anilines is 4. The van der Waals surface area contributed by atoms with Crippen molar-refractivity contribution in [2.45, 2.75) is 6.54 Å². The highest BCUT2D eigenvalue weighted by molar-refractivity contribution is 5.98. The number of nitrogens with one attached hydrogen (secondary N) is 3. The maximum Gasteiger partial charge on any atom is 0.417 e. The average Bonchev–Trinajstić information content (AvgIpc) is 2.94. The average molecular weight is 537 g/mol. The van der Waals surface area contributed by atoms with Crippen molar-refractivity contribution in [1.82, 2.24) is 9.97 Å². The third-order valence-corrected chi connectivity index (χ3v) is 5.90. The molecule has 0 atom stereocenters. The molecule has 5 aromatic rings. The van der Waals surface area contributed by atoms with Crippen molar-refractivity contribution in [3.05, 3.63) is 108 Å². The Balaban J connectivity index is 1.37. The van der Waals surface area contributed by atoms with E-state index in [4.69, 9.17) is 4.74 Å². The molecule has 5 rings (SSSR count). The number of ether oxygens (including phenoxy) is 1. The number of aliphatic imine (C=N–C) groups is 1. The highest BCUT2D eigenvalue weighted by atomic mass is 19.1. The number of amides is 1. The van der Waals surface area contributed by atoms with Crippen LogP contribution in [0.1, 0.15) is 11.1 Å². The summed E-state index contributed by atoms with van der Waals surface area (Å²) in [5.74, 6) is 0.374. The first-order valence-corrected chi connectivity index (χ1v) is 12.3. The number of carbonyl (C=O) groups is 1. The van der Waals surface area contributed by atoms with Gasteiger partial charge in [0.2, 0.25) is 0 Å². The fraction of sp³-hybridized carbons (Fsp3) is 0.0667. The number of aromatic hydroxyl groups is 1. The molecular formula is C30H25FN6O3. The Hall–Kier alpha value is -5.51. The molecule has 0 aliphatic rings. The van der Waals surface area contributed by atoms with E-state index in [2.05, 4.69) is 30.9 Å². The minimum absolute atomic E-state index is 0.141. The molecule has 9 nitrogen and oxygen atoms in total. The van der Waals surface area contributed by atoms with Crippen molar-refractivity contribution in [3.63, 3.8) is 0 Å². The van der Waals surface area contributed by atoms with Gasteiger partial charge in [0.05, 0.1) is 11.2 Å². The van der Waals surface area contributed by atoms with Crippen LogP contribution in [0.15, 0.2) is 96.2 Å². The zero-order chi connectivity index (χ0) is 27.9. The van der Waals surface area contributed by atoms with Gasteiger partial charge in [-0.05, 0) is 54.1 Å². The van der Waals surface area contributed by atoms with Gasteiger partial charge in [-0.25, -0.2) is 19.2 Å². The highest BCUT2D eigenvalue weighted by Crippen LogP contribution is 2.33. The molecule has 1 aromatic heterocycles. The second-order valence-corrected chi connectivity index (χ2v) is 8.73. The number of rotatable bonds is 8. The van der Waals surface area contributed by atoms with Gasteiger partial charge < -0.3 is 20.5 Å². The molecule has 0 unspecified atom stereocenters. The van der Waals surface area contributed by atoms with E-state index < -0.39 is 6.09 Å². The third-order valence-electron chi connectivity index (χ3n) is 5.90. The first kappa shape index (κ1) is 26.1. The Morgan fingerprint density at radius 1 is 1.00 bits per heavy atom. The van der Waals surface area contributed by atoms with Gasteiger partial charge in [-0.15, -0.1) is 0 Å². The van der Waals surface area contributed by atoms with Gasteiger partial charge in [0.15, 0.2) is 0 Å². The molecular weight excluding hydrogens is 511 g/mol. The molecule has 0 aliphatic carbocycles. The van der Waals surface area contributed by atoms with E-state index in [9.17, 15) is 14.3 Å². The Morgan fingerprint density at radius 2 is 1.85 bits per heavy atom. The van der Waals surface area contributed by atoms with Gasteiger partial charge in [-0.3, -0.25) is 10.3 Å². The van der Waals surface area contributed by atoms with Crippen LogP contribution in [0, 0.1) is 5.82 Å². The largest absolute Gasteiger partial charge is 0.506 e. The summed E-state index contributed by atoms with van der Waals surface area (Å²) >= 11 is 0. The minimum atomic E-state index is -0.753. The quantitative estimate of drug-likeness (QED) is 0.132. The second kappa shape index (κ2) is 11.9. The molecule has 1 heterocycles. The number of aromatic nitrogens is 2. The number of fused-ring (bicyclic) bond motifs is 1. The maximum absolute atomic E-state index is 13.6. The van der Waals surface area contributed by atoms with E-state index in [0.717, 1.165) is 22.5 Å². The molecule has 10 heteroatoms. The van der Waals surface area contributed by atoms with E-state index in [1.165, 1.54) is 24.5 Å². The SMILES string of the molecule is CN=Cc1cc(Nc2ncnc3cc(O)c(NC(=O)Oc4ccccc4)cc23)ccc1NCc1cccc(F)c1. The van der Waals surface area contributed by atoms with E-state index in [1.54, 1.807) is 49.7 Å². The van der Waals surface area contributed by atoms with E-state index >= 15 is 0 Å². The Labute approximate surface area is 229 Å². The highest BCUT2D eigenvalue weighted by Gasteiger charge is 2.14. The van der Waals surface area contributed by atoms with Crippen molar-refractivity contribution in [1.29, 1.82) is 0 Å². The van der Waals surface area contributed by atoms with Gasteiger partial charge in [-0.2, -0.15) is 0 Å². The van der Waals surface area contributed by atoms with Crippen LogP contribution in [-0.4, -0.2) is 34.4 Å². The van der Waals surface area contributed by atoms with Crippen molar-refractivity contribution >= 4 is 46.1 Å². The lowest BCUT2D eigenvalue weighted by Gasteiger charge is -2.14. The molecule has 0 spiro atoms. The fourth-order valence-corrected chi connectivity index (χ4v) is 4.05. The fourth-order valence-electron chi connectivity index (χ4n) is 4.05. The number of hydrogen-bond acceptors (Lipinski definition) is 8. The Bertz CT molecular complexity index is 1690. The van der Waals surface area contributed by atoms with Crippen LogP contribution in [-0.2, 0) is 6.54 Å². The van der Waals surface area contributed by atoms with Gasteiger partial charge in [0.1, 0.15) is 29.5 Å². The zero-order valence-electron chi connectivity index (χ0n) is 21.4. The van der Waals surface area contributed by atoms with Crippen molar-refractivity contribution in [2.24, 2.45) is 4.99 Å². The van der Waals surface area contributed by atoms with Gasteiger partial charge in [0.25, 0.3) is 0 Å². The van der Waals surface area contributed by atoms with Gasteiger partial charge >= 0.3 is 6.09 Å². The zero-order valence-corrected chi connectivity index (χ0v) is 21.4.